The van der Waals surface area contributed by atoms with Crippen LogP contribution in [0.3, 0.4) is 0 Å². The van der Waals surface area contributed by atoms with Crippen molar-refractivity contribution in [2.45, 2.75) is 50.4 Å². The Morgan fingerprint density at radius 2 is 2.15 bits per heavy atom. The van der Waals surface area contributed by atoms with E-state index in [0.29, 0.717) is 12.8 Å². The Labute approximate surface area is 117 Å². The van der Waals surface area contributed by atoms with Gasteiger partial charge >= 0.3 is 0 Å². The average molecular weight is 287 g/mol. The van der Waals surface area contributed by atoms with E-state index in [2.05, 4.69) is 11.2 Å². The van der Waals surface area contributed by atoms with Crippen molar-refractivity contribution in [1.82, 2.24) is 5.32 Å². The number of carbonyl (C=O) groups excluding carboxylic acids is 1. The molecule has 1 heterocycles. The molecule has 0 spiro atoms. The number of rotatable bonds is 6. The third-order valence-corrected chi connectivity index (χ3v) is 3.00. The summed E-state index contributed by atoms with van der Waals surface area (Å²) in [5.41, 5.74) is 0. The number of terminal acetylenes is 1. The fourth-order valence-electron chi connectivity index (χ4n) is 1.99. The third kappa shape index (κ3) is 4.44. The summed E-state index contributed by atoms with van der Waals surface area (Å²) in [6.45, 7) is 1.10. The summed E-state index contributed by atoms with van der Waals surface area (Å²) in [6, 6.07) is -0.906. The van der Waals surface area contributed by atoms with Gasteiger partial charge in [0.25, 0.3) is 0 Å². The number of hydrogen-bond acceptors (Lipinski definition) is 6. The molecule has 7 heteroatoms. The van der Waals surface area contributed by atoms with Gasteiger partial charge in [0.1, 0.15) is 24.4 Å². The average Bonchev–Trinajstić information content (AvgIpc) is 2.41. The lowest BCUT2D eigenvalue weighted by Crippen LogP contribution is -2.64. The van der Waals surface area contributed by atoms with E-state index in [9.17, 15) is 15.0 Å². The van der Waals surface area contributed by atoms with Crippen LogP contribution in [0.15, 0.2) is 0 Å². The third-order valence-electron chi connectivity index (χ3n) is 3.00. The van der Waals surface area contributed by atoms with Crippen molar-refractivity contribution in [3.8, 4) is 12.3 Å². The van der Waals surface area contributed by atoms with Crippen LogP contribution in [0.5, 0.6) is 0 Å². The number of unbranched alkanes of at least 4 members (excludes halogenated alkanes) is 1. The van der Waals surface area contributed by atoms with Gasteiger partial charge in [-0.3, -0.25) is 4.79 Å². The molecule has 114 valence electrons. The molecular formula is C13H21NO6. The van der Waals surface area contributed by atoms with Gasteiger partial charge in [-0.25, -0.2) is 0 Å². The van der Waals surface area contributed by atoms with Gasteiger partial charge in [-0.2, -0.15) is 0 Å². The molecule has 0 saturated carbocycles. The second kappa shape index (κ2) is 8.19. The van der Waals surface area contributed by atoms with E-state index in [1.54, 1.807) is 0 Å². The lowest BCUT2D eigenvalue weighted by molar-refractivity contribution is -0.270. The van der Waals surface area contributed by atoms with E-state index in [-0.39, 0.29) is 12.5 Å². The highest BCUT2D eigenvalue weighted by atomic mass is 16.7. The van der Waals surface area contributed by atoms with Crippen molar-refractivity contribution in [1.29, 1.82) is 0 Å². The maximum atomic E-state index is 11.1. The molecule has 1 saturated heterocycles. The van der Waals surface area contributed by atoms with Crippen molar-refractivity contribution in [3.05, 3.63) is 0 Å². The molecule has 1 aliphatic heterocycles. The summed E-state index contributed by atoms with van der Waals surface area (Å²) in [5.74, 6) is 2.08. The largest absolute Gasteiger partial charge is 0.394 e. The summed E-state index contributed by atoms with van der Waals surface area (Å²) in [5, 5.41) is 31.4. The van der Waals surface area contributed by atoms with Crippen molar-refractivity contribution < 1.29 is 29.6 Å². The fourth-order valence-corrected chi connectivity index (χ4v) is 1.99. The summed E-state index contributed by atoms with van der Waals surface area (Å²) in [4.78, 5) is 11.1. The Morgan fingerprint density at radius 3 is 2.70 bits per heavy atom. The summed E-state index contributed by atoms with van der Waals surface area (Å²) in [7, 11) is 0. The lowest BCUT2D eigenvalue weighted by atomic mass is 9.97. The topological polar surface area (TPSA) is 108 Å². The number of nitrogens with one attached hydrogen (secondary N) is 1. The number of carbonyl (C=O) groups is 1. The fraction of sp³-hybridized carbons (Fsp3) is 0.769. The molecule has 1 fully saturated rings. The highest BCUT2D eigenvalue weighted by molar-refractivity contribution is 5.73. The molecule has 1 amide bonds. The van der Waals surface area contributed by atoms with Gasteiger partial charge in [0.15, 0.2) is 6.29 Å². The Balaban J connectivity index is 2.68. The minimum atomic E-state index is -1.30. The lowest BCUT2D eigenvalue weighted by Gasteiger charge is -2.42. The molecule has 5 atom stereocenters. The van der Waals surface area contributed by atoms with E-state index in [4.69, 9.17) is 21.0 Å². The molecule has 0 radical (unpaired) electrons. The number of hydrogen-bond donors (Lipinski definition) is 4. The number of aliphatic hydroxyl groups excluding tert-OH is 3. The van der Waals surface area contributed by atoms with Gasteiger partial charge < -0.3 is 30.1 Å². The second-order valence-electron chi connectivity index (χ2n) is 4.61. The summed E-state index contributed by atoms with van der Waals surface area (Å²) in [6.07, 6.45) is 1.75. The van der Waals surface area contributed by atoms with Gasteiger partial charge in [-0.1, -0.05) is 0 Å². The van der Waals surface area contributed by atoms with E-state index in [0.717, 1.165) is 0 Å². The van der Waals surface area contributed by atoms with Crippen LogP contribution in [-0.2, 0) is 14.3 Å². The SMILES string of the molecule is C#CCCCO[C@@H]1O[C@H](CO)[C@H](O)[C@H](O)[C@H]1NC(C)=O. The number of amides is 1. The van der Waals surface area contributed by atoms with E-state index in [1.807, 2.05) is 0 Å². The first kappa shape index (κ1) is 16.9. The normalized spacial score (nSPS) is 33.5. The zero-order valence-corrected chi connectivity index (χ0v) is 11.4. The van der Waals surface area contributed by atoms with Crippen molar-refractivity contribution in [2.75, 3.05) is 13.2 Å². The number of aliphatic hydroxyl groups is 3. The van der Waals surface area contributed by atoms with Crippen LogP contribution in [0.2, 0.25) is 0 Å². The molecular weight excluding hydrogens is 266 g/mol. The molecule has 1 rings (SSSR count). The van der Waals surface area contributed by atoms with Crippen LogP contribution in [0, 0.1) is 12.3 Å². The molecule has 4 N–H and O–H groups in total. The molecule has 20 heavy (non-hydrogen) atoms. The van der Waals surface area contributed by atoms with Gasteiger partial charge in [0.05, 0.1) is 13.2 Å². The van der Waals surface area contributed by atoms with Crippen LogP contribution in [-0.4, -0.2) is 65.1 Å². The van der Waals surface area contributed by atoms with Gasteiger partial charge in [-0.05, 0) is 6.42 Å². The van der Waals surface area contributed by atoms with Crippen LogP contribution in [0.4, 0.5) is 0 Å². The Kier molecular flexibility index (Phi) is 6.91. The minimum absolute atomic E-state index is 0.284. The molecule has 0 aromatic rings. The first-order valence-electron chi connectivity index (χ1n) is 6.46. The van der Waals surface area contributed by atoms with Gasteiger partial charge in [0.2, 0.25) is 5.91 Å². The standard InChI is InChI=1S/C13H21NO6/c1-3-4-5-6-19-13-10(14-8(2)16)12(18)11(17)9(7-15)20-13/h1,9-13,15,17-18H,4-7H2,2H3,(H,14,16)/t9-,10-,11+,12-,13-/m1/s1. The number of ether oxygens (including phenoxy) is 2. The second-order valence-corrected chi connectivity index (χ2v) is 4.61. The van der Waals surface area contributed by atoms with E-state index >= 15 is 0 Å². The first-order valence-corrected chi connectivity index (χ1v) is 6.46. The smallest absolute Gasteiger partial charge is 0.217 e. The summed E-state index contributed by atoms with van der Waals surface area (Å²) < 4.78 is 10.8. The Hall–Kier alpha value is -1.17. The zero-order valence-electron chi connectivity index (χ0n) is 11.4. The van der Waals surface area contributed by atoms with Gasteiger partial charge in [0, 0.05) is 13.3 Å². The van der Waals surface area contributed by atoms with Crippen LogP contribution in [0.25, 0.3) is 0 Å². The monoisotopic (exact) mass is 287 g/mol. The zero-order chi connectivity index (χ0) is 15.1. The molecule has 0 aromatic carbocycles. The molecule has 1 aliphatic rings. The first-order chi connectivity index (χ1) is 9.51. The predicted molar refractivity (Wildman–Crippen MR) is 69.4 cm³/mol. The minimum Gasteiger partial charge on any atom is -0.394 e. The van der Waals surface area contributed by atoms with Crippen molar-refractivity contribution >= 4 is 5.91 Å². The molecule has 0 aromatic heterocycles. The molecule has 0 aliphatic carbocycles. The van der Waals surface area contributed by atoms with Crippen LogP contribution in [0.1, 0.15) is 19.8 Å². The predicted octanol–water partition coefficient (Wildman–Crippen LogP) is -1.64. The van der Waals surface area contributed by atoms with E-state index in [1.165, 1.54) is 6.92 Å². The van der Waals surface area contributed by atoms with Crippen LogP contribution < -0.4 is 5.32 Å². The Bertz CT molecular complexity index is 355. The highest BCUT2D eigenvalue weighted by Gasteiger charge is 2.45. The highest BCUT2D eigenvalue weighted by Crippen LogP contribution is 2.22. The Morgan fingerprint density at radius 1 is 1.45 bits per heavy atom. The van der Waals surface area contributed by atoms with Crippen molar-refractivity contribution in [2.24, 2.45) is 0 Å². The molecule has 0 unspecified atom stereocenters. The molecule has 0 bridgehead atoms. The maximum Gasteiger partial charge on any atom is 0.217 e. The van der Waals surface area contributed by atoms with Crippen molar-refractivity contribution in [3.63, 3.8) is 0 Å². The summed E-state index contributed by atoms with van der Waals surface area (Å²) >= 11 is 0. The van der Waals surface area contributed by atoms with E-state index < -0.39 is 37.3 Å². The van der Waals surface area contributed by atoms with Gasteiger partial charge in [-0.15, -0.1) is 12.3 Å². The molecule has 7 nitrogen and oxygen atoms in total. The maximum absolute atomic E-state index is 11.1. The quantitative estimate of drug-likeness (QED) is 0.345. The van der Waals surface area contributed by atoms with Crippen LogP contribution >= 0.6 is 0 Å².